The van der Waals surface area contributed by atoms with Crippen molar-refractivity contribution in [3.05, 3.63) is 95.3 Å². The maximum absolute atomic E-state index is 11.4. The summed E-state index contributed by atoms with van der Waals surface area (Å²) in [6.45, 7) is 7.27. The van der Waals surface area contributed by atoms with Crippen molar-refractivity contribution < 1.29 is 35.8 Å². The molecule has 0 bridgehead atoms. The summed E-state index contributed by atoms with van der Waals surface area (Å²) in [6, 6.07) is 25.1. The van der Waals surface area contributed by atoms with E-state index in [1.807, 2.05) is 36.4 Å². The number of nitrogens with one attached hydrogen (secondary N) is 3. The first-order valence-corrected chi connectivity index (χ1v) is 28.8. The molecule has 0 saturated heterocycles. The summed E-state index contributed by atoms with van der Waals surface area (Å²) >= 11 is 2.24. The monoisotopic (exact) mass is 1070 g/mol. The Bertz CT molecular complexity index is 2940. The highest BCUT2D eigenvalue weighted by molar-refractivity contribution is 14.1. The molecule has 3 N–H and O–H groups in total. The van der Waals surface area contributed by atoms with Gasteiger partial charge in [0.05, 0.1) is 11.0 Å². The van der Waals surface area contributed by atoms with Crippen molar-refractivity contribution in [3.8, 4) is 23.0 Å². The Morgan fingerprint density at radius 1 is 0.597 bits per heavy atom. The first kappa shape index (κ1) is 48.8. The Hall–Kier alpha value is -4.69. The lowest BCUT2D eigenvalue weighted by atomic mass is 10.0. The van der Waals surface area contributed by atoms with E-state index in [2.05, 4.69) is 103 Å². The van der Waals surface area contributed by atoms with Crippen LogP contribution < -0.4 is 34.9 Å². The third-order valence-electron chi connectivity index (χ3n) is 12.6. The summed E-state index contributed by atoms with van der Waals surface area (Å²) in [5.74, 6) is 3.80. The van der Waals surface area contributed by atoms with Gasteiger partial charge in [-0.25, -0.2) is 16.8 Å². The number of halogens is 1. The van der Waals surface area contributed by atoms with Crippen LogP contribution in [0.2, 0.25) is 0 Å². The number of hydrogen-bond acceptors (Lipinski definition) is 12. The van der Waals surface area contributed by atoms with Crippen LogP contribution in [0, 0.1) is 0 Å². The highest BCUT2D eigenvalue weighted by Gasteiger charge is 2.24. The number of fused-ring (bicyclic) bond motifs is 8. The first-order valence-electron chi connectivity index (χ1n) is 23.1. The van der Waals surface area contributed by atoms with Crippen molar-refractivity contribution in [2.24, 2.45) is 14.1 Å². The van der Waals surface area contributed by atoms with Gasteiger partial charge in [0, 0.05) is 134 Å². The van der Waals surface area contributed by atoms with Crippen LogP contribution in [-0.2, 0) is 59.7 Å². The molecule has 6 aromatic rings. The van der Waals surface area contributed by atoms with Gasteiger partial charge in [-0.2, -0.15) is 0 Å². The van der Waals surface area contributed by atoms with Crippen LogP contribution in [0.4, 0.5) is 22.7 Å². The molecule has 10 rings (SSSR count). The average molecular weight is 1070 g/mol. The predicted molar refractivity (Wildman–Crippen MR) is 278 cm³/mol. The molecule has 6 heterocycles. The maximum Gasteiger partial charge on any atom is 0.163 e. The molecule has 0 amide bonds. The minimum absolute atomic E-state index is 0.277. The number of aryl methyl sites for hydroxylation is 2. The summed E-state index contributed by atoms with van der Waals surface area (Å²) in [4.78, 5) is 2.45. The number of sulfone groups is 2. The minimum atomic E-state index is -2.87. The van der Waals surface area contributed by atoms with Gasteiger partial charge in [-0.1, -0.05) is 34.7 Å². The van der Waals surface area contributed by atoms with Gasteiger partial charge >= 0.3 is 0 Å². The van der Waals surface area contributed by atoms with Crippen molar-refractivity contribution in [1.29, 1.82) is 0 Å². The average Bonchev–Trinajstić information content (AvgIpc) is 3.76. The van der Waals surface area contributed by atoms with Crippen molar-refractivity contribution in [2.75, 3.05) is 85.1 Å². The van der Waals surface area contributed by atoms with Crippen molar-refractivity contribution >= 4 is 86.8 Å². The highest BCUT2D eigenvalue weighted by atomic mass is 127. The van der Waals surface area contributed by atoms with E-state index < -0.39 is 19.7 Å². The maximum atomic E-state index is 11.4. The van der Waals surface area contributed by atoms with Gasteiger partial charge in [0.15, 0.2) is 23.0 Å². The second-order valence-electron chi connectivity index (χ2n) is 17.7. The van der Waals surface area contributed by atoms with E-state index in [9.17, 15) is 16.8 Å². The number of aromatic nitrogens is 2. The molecule has 4 aromatic carbocycles. The van der Waals surface area contributed by atoms with E-state index in [0.29, 0.717) is 32.2 Å². The lowest BCUT2D eigenvalue weighted by Gasteiger charge is -2.27. The summed E-state index contributed by atoms with van der Waals surface area (Å²) in [5.41, 5.74) is 12.3. The van der Waals surface area contributed by atoms with E-state index in [-0.39, 0.29) is 5.75 Å². The van der Waals surface area contributed by atoms with E-state index in [0.717, 1.165) is 121 Å². The Balaban J connectivity index is 0.000000158. The normalized spacial score (nSPS) is 15.4. The largest absolute Gasteiger partial charge is 0.486 e. The molecule has 4 aliphatic heterocycles. The van der Waals surface area contributed by atoms with Crippen LogP contribution in [-0.4, -0.2) is 105 Å². The first-order chi connectivity index (χ1) is 32.2. The summed E-state index contributed by atoms with van der Waals surface area (Å²) in [7, 11) is -1.26. The number of rotatable bonds is 13. The van der Waals surface area contributed by atoms with Gasteiger partial charge in [-0.15, -0.1) is 0 Å². The van der Waals surface area contributed by atoms with Gasteiger partial charge in [-0.05, 0) is 96.3 Å². The standard InChI is InChI=1S/C25H31N3O4S.C20H21N3O2.C5H11IO2S/c1-27-22-9-11-28(10-3-4-14-33(2,29)30)17-21(22)20-7-5-18(15-23(20)27)26-19-6-8-24-25(16-19)32-13-12-31-24;1-23-17-6-7-21-12-16(17)15-4-2-13(10-18(15)23)22-14-3-5-19-20(11-14)25-9-8-24-19;1-9(7,8)5-3-2-4-6/h5-8,15-16,26H,3-4,9-14,17H2,1-2H3;2-5,10-11,21-22H,6-9,12H2,1H3;2-5H2,1H3. The Morgan fingerprint density at radius 3 is 1.61 bits per heavy atom. The molecular formula is C50H63IN6O8S2. The van der Waals surface area contributed by atoms with Gasteiger partial charge in [0.1, 0.15) is 46.1 Å². The molecule has 17 heteroatoms. The van der Waals surface area contributed by atoms with Crippen LogP contribution in [0.15, 0.2) is 72.8 Å². The second-order valence-corrected chi connectivity index (χ2v) is 23.3. The molecule has 14 nitrogen and oxygen atoms in total. The van der Waals surface area contributed by atoms with E-state index >= 15 is 0 Å². The highest BCUT2D eigenvalue weighted by Crippen LogP contribution is 2.37. The molecule has 0 spiro atoms. The van der Waals surface area contributed by atoms with Crippen molar-refractivity contribution in [3.63, 3.8) is 0 Å². The fourth-order valence-corrected chi connectivity index (χ4v) is 11.2. The van der Waals surface area contributed by atoms with Crippen LogP contribution in [0.5, 0.6) is 23.0 Å². The molecule has 4 aliphatic rings. The van der Waals surface area contributed by atoms with Crippen LogP contribution in [0.1, 0.15) is 48.2 Å². The number of alkyl halides is 1. The molecule has 2 aromatic heterocycles. The number of nitrogens with zero attached hydrogens (tertiary/aromatic N) is 3. The molecule has 0 unspecified atom stereocenters. The molecule has 0 aliphatic carbocycles. The molecule has 67 heavy (non-hydrogen) atoms. The molecular weight excluding hydrogens is 1000 g/mol. The third-order valence-corrected chi connectivity index (χ3v) is 15.4. The quantitative estimate of drug-likeness (QED) is 0.0578. The Morgan fingerprint density at radius 2 is 1.07 bits per heavy atom. The van der Waals surface area contributed by atoms with Gasteiger partial charge in [-0.3, -0.25) is 4.90 Å². The van der Waals surface area contributed by atoms with E-state index in [1.165, 1.54) is 56.8 Å². The third kappa shape index (κ3) is 12.5. The van der Waals surface area contributed by atoms with Crippen LogP contribution in [0.25, 0.3) is 21.8 Å². The Kier molecular flexibility index (Phi) is 15.8. The summed E-state index contributed by atoms with van der Waals surface area (Å²) < 4.78 is 72.0. The Labute approximate surface area is 408 Å². The lowest BCUT2D eigenvalue weighted by Crippen LogP contribution is -2.31. The van der Waals surface area contributed by atoms with E-state index in [1.54, 1.807) is 0 Å². The zero-order valence-electron chi connectivity index (χ0n) is 39.0. The minimum Gasteiger partial charge on any atom is -0.486 e. The number of hydrogen-bond donors (Lipinski definition) is 3. The number of unbranched alkanes of at least 4 members (excludes halogenated alkanes) is 2. The fourth-order valence-electron chi connectivity index (χ4n) is 9.21. The summed E-state index contributed by atoms with van der Waals surface area (Å²) in [6.07, 6.45) is 8.15. The van der Waals surface area contributed by atoms with Crippen LogP contribution >= 0.6 is 22.6 Å². The zero-order valence-corrected chi connectivity index (χ0v) is 42.7. The van der Waals surface area contributed by atoms with Gasteiger partial charge < -0.3 is 44.0 Å². The molecule has 0 saturated carbocycles. The smallest absolute Gasteiger partial charge is 0.163 e. The molecule has 0 atom stereocenters. The number of ether oxygens (including phenoxy) is 4. The van der Waals surface area contributed by atoms with Gasteiger partial charge in [0.2, 0.25) is 0 Å². The topological polar surface area (TPSA) is 154 Å². The number of benzene rings is 4. The predicted octanol–water partition coefficient (Wildman–Crippen LogP) is 8.46. The SMILES string of the molecule is CS(=O)(=O)CCCCI.Cn1c2c(c3ccc(Nc4ccc5c(c4)OCCO5)cc31)CN(CCCCS(C)(=O)=O)CC2.Cn1c2c(c3ccc(Nc4ccc5c(c4)OCCO5)cc31)CNCC2. The van der Waals surface area contributed by atoms with Gasteiger partial charge in [0.25, 0.3) is 0 Å². The molecule has 360 valence electrons. The molecule has 0 radical (unpaired) electrons. The second kappa shape index (κ2) is 21.7. The summed E-state index contributed by atoms with van der Waals surface area (Å²) in [5, 5.41) is 13.1. The van der Waals surface area contributed by atoms with Crippen LogP contribution in [0.3, 0.4) is 0 Å². The fraction of sp³-hybridized carbons (Fsp3) is 0.440. The van der Waals surface area contributed by atoms with Crippen molar-refractivity contribution in [2.45, 2.75) is 51.6 Å². The zero-order chi connectivity index (χ0) is 47.1. The molecule has 0 fully saturated rings. The van der Waals surface area contributed by atoms with Crippen molar-refractivity contribution in [1.82, 2.24) is 19.4 Å². The number of anilines is 4. The lowest BCUT2D eigenvalue weighted by molar-refractivity contribution is 0.171. The van der Waals surface area contributed by atoms with E-state index in [4.69, 9.17) is 18.9 Å².